The molecule has 0 saturated heterocycles. The largest absolute Gasteiger partial charge is 0.383 e. The van der Waals surface area contributed by atoms with Gasteiger partial charge in [0.1, 0.15) is 17.8 Å². The molecule has 2 aromatic carbocycles. The van der Waals surface area contributed by atoms with Gasteiger partial charge in [-0.15, -0.1) is 0 Å². The molecule has 0 unspecified atom stereocenters. The van der Waals surface area contributed by atoms with Crippen molar-refractivity contribution in [3.63, 3.8) is 0 Å². The van der Waals surface area contributed by atoms with Gasteiger partial charge in [-0.05, 0) is 43.2 Å². The quantitative estimate of drug-likeness (QED) is 0.418. The number of fused-ring (bicyclic) bond motifs is 1. The first-order valence-electron chi connectivity index (χ1n) is 11.3. The summed E-state index contributed by atoms with van der Waals surface area (Å²) in [6, 6.07) is 16.7. The highest BCUT2D eigenvalue weighted by molar-refractivity contribution is 6.05. The van der Waals surface area contributed by atoms with Crippen LogP contribution < -0.4 is 11.1 Å². The zero-order valence-electron chi connectivity index (χ0n) is 19.3. The molecule has 1 fully saturated rings. The van der Waals surface area contributed by atoms with Gasteiger partial charge in [0.15, 0.2) is 5.65 Å². The first-order valence-corrected chi connectivity index (χ1v) is 11.3. The van der Waals surface area contributed by atoms with Crippen molar-refractivity contribution >= 4 is 34.4 Å². The van der Waals surface area contributed by atoms with Crippen molar-refractivity contribution in [3.8, 4) is 11.3 Å². The summed E-state index contributed by atoms with van der Waals surface area (Å²) in [6.07, 6.45) is 4.27. The number of hydrogen-bond acceptors (Lipinski definition) is 6. The fraction of sp³-hybridized carbons (Fsp3) is 0.192. The van der Waals surface area contributed by atoms with E-state index >= 15 is 0 Å². The third-order valence-electron chi connectivity index (χ3n) is 6.47. The van der Waals surface area contributed by atoms with E-state index in [9.17, 15) is 9.59 Å². The molecular formula is C26H25N7O2. The highest BCUT2D eigenvalue weighted by Crippen LogP contribution is 2.39. The number of carbonyl (C=O) groups is 2. The Morgan fingerprint density at radius 2 is 1.83 bits per heavy atom. The summed E-state index contributed by atoms with van der Waals surface area (Å²) in [5.74, 6) is 0.0547. The Morgan fingerprint density at radius 3 is 2.51 bits per heavy atom. The third-order valence-corrected chi connectivity index (χ3v) is 6.47. The van der Waals surface area contributed by atoms with Crippen molar-refractivity contribution in [2.24, 2.45) is 0 Å². The molecule has 2 amide bonds. The van der Waals surface area contributed by atoms with E-state index in [1.807, 2.05) is 47.1 Å². The number of carbonyl (C=O) groups excluding carboxylic acids is 2. The molecule has 9 nitrogen and oxygen atoms in total. The molecule has 0 aliphatic heterocycles. The van der Waals surface area contributed by atoms with Crippen molar-refractivity contribution in [2.45, 2.75) is 24.9 Å². The number of nitrogens with zero attached hydrogens (tertiary/aromatic N) is 5. The van der Waals surface area contributed by atoms with Crippen LogP contribution in [0.3, 0.4) is 0 Å². The van der Waals surface area contributed by atoms with Crippen LogP contribution in [-0.2, 0) is 4.79 Å². The van der Waals surface area contributed by atoms with Gasteiger partial charge >= 0.3 is 0 Å². The molecule has 1 aliphatic carbocycles. The molecule has 176 valence electrons. The molecule has 1 saturated carbocycles. The van der Waals surface area contributed by atoms with E-state index in [4.69, 9.17) is 10.8 Å². The number of nitrogens with two attached hydrogens (primary N) is 1. The van der Waals surface area contributed by atoms with Gasteiger partial charge in [-0.3, -0.25) is 9.59 Å². The maximum atomic E-state index is 12.6. The second kappa shape index (κ2) is 9.02. The van der Waals surface area contributed by atoms with Crippen LogP contribution in [0.4, 0.5) is 11.5 Å². The molecule has 2 aromatic heterocycles. The predicted molar refractivity (Wildman–Crippen MR) is 135 cm³/mol. The van der Waals surface area contributed by atoms with Crippen LogP contribution in [0, 0.1) is 0 Å². The van der Waals surface area contributed by atoms with Crippen LogP contribution in [0.15, 0.2) is 73.6 Å². The second-order valence-electron chi connectivity index (χ2n) is 8.58. The average molecular weight is 468 g/mol. The lowest BCUT2D eigenvalue weighted by atomic mass is 9.85. The Kier molecular flexibility index (Phi) is 5.74. The molecule has 0 bridgehead atoms. The zero-order chi connectivity index (χ0) is 24.5. The summed E-state index contributed by atoms with van der Waals surface area (Å²) >= 11 is 0. The SMILES string of the molecule is C=CC(=O)N(C)C1CC(n2nc(-c3ccc(C(=O)Nc4ccccc4)cc3)c3c(N)ncnc32)C1. The Balaban J connectivity index is 1.42. The standard InChI is InChI=1S/C26H25N7O2/c1-3-21(34)32(2)19-13-20(14-19)33-25-22(24(27)28-15-29-25)23(31-33)16-9-11-17(12-10-16)26(35)30-18-7-5-4-6-8-18/h3-12,15,19-20H,1,13-14H2,2H3,(H,30,35)(H2,27,28,29). The van der Waals surface area contributed by atoms with Crippen LogP contribution in [0.5, 0.6) is 0 Å². The van der Waals surface area contributed by atoms with E-state index in [0.29, 0.717) is 28.1 Å². The van der Waals surface area contributed by atoms with Crippen LogP contribution in [-0.4, -0.2) is 49.6 Å². The molecule has 1 aliphatic rings. The van der Waals surface area contributed by atoms with E-state index < -0.39 is 0 Å². The number of amides is 2. The maximum Gasteiger partial charge on any atom is 0.255 e. The first kappa shape index (κ1) is 22.3. The summed E-state index contributed by atoms with van der Waals surface area (Å²) in [4.78, 5) is 34.9. The molecule has 9 heteroatoms. The van der Waals surface area contributed by atoms with Gasteiger partial charge in [0.05, 0.1) is 11.4 Å². The molecule has 3 N–H and O–H groups in total. The Morgan fingerprint density at radius 1 is 1.11 bits per heavy atom. The lowest BCUT2D eigenvalue weighted by Gasteiger charge is -2.40. The molecule has 0 spiro atoms. The van der Waals surface area contributed by atoms with Gasteiger partial charge in [0.2, 0.25) is 5.91 Å². The number of benzene rings is 2. The van der Waals surface area contributed by atoms with Gasteiger partial charge < -0.3 is 16.0 Å². The number of rotatable bonds is 6. The van der Waals surface area contributed by atoms with Crippen molar-refractivity contribution in [3.05, 3.63) is 79.1 Å². The highest BCUT2D eigenvalue weighted by atomic mass is 16.2. The number of para-hydroxylation sites is 1. The zero-order valence-corrected chi connectivity index (χ0v) is 19.3. The summed E-state index contributed by atoms with van der Waals surface area (Å²) in [6.45, 7) is 3.56. The number of hydrogen-bond donors (Lipinski definition) is 2. The van der Waals surface area contributed by atoms with Crippen molar-refractivity contribution in [1.82, 2.24) is 24.6 Å². The van der Waals surface area contributed by atoms with E-state index in [0.717, 1.165) is 24.1 Å². The normalized spacial score (nSPS) is 16.9. The Labute approximate surface area is 202 Å². The van der Waals surface area contributed by atoms with Gasteiger partial charge in [0, 0.05) is 29.9 Å². The van der Waals surface area contributed by atoms with Crippen molar-refractivity contribution in [2.75, 3.05) is 18.1 Å². The Hall–Kier alpha value is -4.53. The van der Waals surface area contributed by atoms with Crippen LogP contribution in [0.2, 0.25) is 0 Å². The highest BCUT2D eigenvalue weighted by Gasteiger charge is 2.37. The van der Waals surface area contributed by atoms with Gasteiger partial charge in [-0.25, -0.2) is 14.6 Å². The first-order chi connectivity index (χ1) is 17.0. The predicted octanol–water partition coefficient (Wildman–Crippen LogP) is 3.68. The van der Waals surface area contributed by atoms with Gasteiger partial charge in [-0.1, -0.05) is 36.9 Å². The number of nitrogens with one attached hydrogen (secondary N) is 1. The molecular weight excluding hydrogens is 442 g/mol. The number of nitrogen functional groups attached to an aromatic ring is 1. The lowest BCUT2D eigenvalue weighted by Crippen LogP contribution is -2.45. The molecule has 35 heavy (non-hydrogen) atoms. The number of likely N-dealkylation sites (N-methyl/N-ethyl adjacent to an activating group) is 1. The van der Waals surface area contributed by atoms with E-state index in [1.165, 1.54) is 12.4 Å². The second-order valence-corrected chi connectivity index (χ2v) is 8.58. The fourth-order valence-corrected chi connectivity index (χ4v) is 4.36. The summed E-state index contributed by atoms with van der Waals surface area (Å²) in [5.41, 5.74) is 9.61. The van der Waals surface area contributed by atoms with Crippen molar-refractivity contribution < 1.29 is 9.59 Å². The molecule has 2 heterocycles. The van der Waals surface area contributed by atoms with Crippen LogP contribution >= 0.6 is 0 Å². The topological polar surface area (TPSA) is 119 Å². The van der Waals surface area contributed by atoms with Crippen LogP contribution in [0.1, 0.15) is 29.2 Å². The third kappa shape index (κ3) is 4.12. The molecule has 5 rings (SSSR count). The summed E-state index contributed by atoms with van der Waals surface area (Å²) in [7, 11) is 1.78. The minimum atomic E-state index is -0.195. The molecule has 0 atom stereocenters. The smallest absolute Gasteiger partial charge is 0.255 e. The van der Waals surface area contributed by atoms with E-state index in [2.05, 4.69) is 21.9 Å². The summed E-state index contributed by atoms with van der Waals surface area (Å²) < 4.78 is 1.88. The van der Waals surface area contributed by atoms with E-state index in [1.54, 1.807) is 24.1 Å². The van der Waals surface area contributed by atoms with Crippen molar-refractivity contribution in [1.29, 1.82) is 0 Å². The molecule has 0 radical (unpaired) electrons. The number of anilines is 2. The maximum absolute atomic E-state index is 12.6. The number of aromatic nitrogens is 4. The minimum absolute atomic E-state index is 0.0848. The monoisotopic (exact) mass is 467 g/mol. The van der Waals surface area contributed by atoms with Crippen LogP contribution in [0.25, 0.3) is 22.3 Å². The van der Waals surface area contributed by atoms with E-state index in [-0.39, 0.29) is 23.9 Å². The average Bonchev–Trinajstić information content (AvgIpc) is 3.24. The molecule has 4 aromatic rings. The Bertz CT molecular complexity index is 1410. The summed E-state index contributed by atoms with van der Waals surface area (Å²) in [5, 5.41) is 8.41. The lowest BCUT2D eigenvalue weighted by molar-refractivity contribution is -0.129. The fourth-order valence-electron chi connectivity index (χ4n) is 4.36. The van der Waals surface area contributed by atoms with Gasteiger partial charge in [0.25, 0.3) is 5.91 Å². The van der Waals surface area contributed by atoms with Gasteiger partial charge in [-0.2, -0.15) is 5.10 Å². The minimum Gasteiger partial charge on any atom is -0.383 e.